The van der Waals surface area contributed by atoms with Crippen molar-refractivity contribution in [2.75, 3.05) is 12.4 Å². The Morgan fingerprint density at radius 1 is 1.22 bits per heavy atom. The fourth-order valence-corrected chi connectivity index (χ4v) is 1.95. The van der Waals surface area contributed by atoms with E-state index >= 15 is 0 Å². The molecule has 1 aromatic heterocycles. The van der Waals surface area contributed by atoms with Crippen molar-refractivity contribution in [3.63, 3.8) is 0 Å². The molecular formula is C13H12Cl2N2O. The van der Waals surface area contributed by atoms with Crippen LogP contribution in [0.3, 0.4) is 0 Å². The predicted molar refractivity (Wildman–Crippen MR) is 74.6 cm³/mol. The van der Waals surface area contributed by atoms with E-state index in [4.69, 9.17) is 27.9 Å². The molecule has 0 spiro atoms. The van der Waals surface area contributed by atoms with E-state index in [-0.39, 0.29) is 0 Å². The Bertz CT molecular complexity index is 546. The number of anilines is 1. The van der Waals surface area contributed by atoms with Crippen molar-refractivity contribution >= 4 is 28.9 Å². The maximum atomic E-state index is 6.11. The molecule has 94 valence electrons. The minimum Gasteiger partial charge on any atom is -0.480 e. The first kappa shape index (κ1) is 13.0. The Morgan fingerprint density at radius 3 is 2.83 bits per heavy atom. The molecule has 0 aliphatic heterocycles. The molecular weight excluding hydrogens is 271 g/mol. The molecule has 1 heterocycles. The van der Waals surface area contributed by atoms with Gasteiger partial charge in [-0.2, -0.15) is 0 Å². The standard InChI is InChI=1S/C13H12Cl2N2O/c1-18-13-11(6-3-7-16-13)17-8-9-4-2-5-10(14)12(9)15/h2-7,17H,8H2,1H3. The zero-order valence-electron chi connectivity index (χ0n) is 9.78. The number of ether oxygens (including phenoxy) is 1. The van der Waals surface area contributed by atoms with Crippen LogP contribution in [0.15, 0.2) is 36.5 Å². The molecule has 2 rings (SSSR count). The lowest BCUT2D eigenvalue weighted by Gasteiger charge is -2.11. The number of benzene rings is 1. The summed E-state index contributed by atoms with van der Waals surface area (Å²) >= 11 is 12.1. The highest BCUT2D eigenvalue weighted by atomic mass is 35.5. The lowest BCUT2D eigenvalue weighted by molar-refractivity contribution is 0.399. The second-order valence-corrected chi connectivity index (χ2v) is 4.41. The van der Waals surface area contributed by atoms with Gasteiger partial charge in [0.2, 0.25) is 5.88 Å². The van der Waals surface area contributed by atoms with Crippen molar-refractivity contribution in [3.05, 3.63) is 52.1 Å². The van der Waals surface area contributed by atoms with Crippen molar-refractivity contribution in [2.24, 2.45) is 0 Å². The fourth-order valence-electron chi connectivity index (χ4n) is 1.56. The Labute approximate surface area is 116 Å². The van der Waals surface area contributed by atoms with Gasteiger partial charge in [-0.25, -0.2) is 4.98 Å². The number of halogens is 2. The van der Waals surface area contributed by atoms with Crippen LogP contribution >= 0.6 is 23.2 Å². The quantitative estimate of drug-likeness (QED) is 0.920. The van der Waals surface area contributed by atoms with Gasteiger partial charge in [-0.3, -0.25) is 0 Å². The Balaban J connectivity index is 2.14. The summed E-state index contributed by atoms with van der Waals surface area (Å²) in [7, 11) is 1.58. The van der Waals surface area contributed by atoms with Crippen LogP contribution in [0.25, 0.3) is 0 Å². The molecule has 3 nitrogen and oxygen atoms in total. The van der Waals surface area contributed by atoms with Crippen LogP contribution in [0.1, 0.15) is 5.56 Å². The minimum atomic E-state index is 0.550. The molecule has 2 aromatic rings. The third-order valence-electron chi connectivity index (χ3n) is 2.47. The van der Waals surface area contributed by atoms with Gasteiger partial charge in [-0.1, -0.05) is 35.3 Å². The zero-order valence-corrected chi connectivity index (χ0v) is 11.3. The molecule has 0 bridgehead atoms. The van der Waals surface area contributed by atoms with Crippen molar-refractivity contribution in [3.8, 4) is 5.88 Å². The molecule has 0 fully saturated rings. The summed E-state index contributed by atoms with van der Waals surface area (Å²) < 4.78 is 5.16. The maximum Gasteiger partial charge on any atom is 0.237 e. The summed E-state index contributed by atoms with van der Waals surface area (Å²) in [4.78, 5) is 4.11. The van der Waals surface area contributed by atoms with E-state index in [1.54, 1.807) is 19.4 Å². The summed E-state index contributed by atoms with van der Waals surface area (Å²) in [5.41, 5.74) is 1.74. The molecule has 5 heteroatoms. The van der Waals surface area contributed by atoms with Gasteiger partial charge in [0.1, 0.15) is 0 Å². The van der Waals surface area contributed by atoms with Gasteiger partial charge in [0.25, 0.3) is 0 Å². The van der Waals surface area contributed by atoms with Crippen LogP contribution in [-0.2, 0) is 6.54 Å². The van der Waals surface area contributed by atoms with Crippen LogP contribution in [0.5, 0.6) is 5.88 Å². The average Bonchev–Trinajstić information content (AvgIpc) is 2.41. The molecule has 1 N–H and O–H groups in total. The molecule has 0 amide bonds. The molecule has 18 heavy (non-hydrogen) atoms. The van der Waals surface area contributed by atoms with E-state index in [1.807, 2.05) is 24.3 Å². The summed E-state index contributed by atoms with van der Waals surface area (Å²) in [5, 5.41) is 4.33. The average molecular weight is 283 g/mol. The first-order valence-electron chi connectivity index (χ1n) is 5.38. The van der Waals surface area contributed by atoms with Crippen LogP contribution < -0.4 is 10.1 Å². The number of aromatic nitrogens is 1. The van der Waals surface area contributed by atoms with Crippen molar-refractivity contribution in [1.29, 1.82) is 0 Å². The summed E-state index contributed by atoms with van der Waals surface area (Å²) in [5.74, 6) is 0.552. The first-order chi connectivity index (χ1) is 8.72. The zero-order chi connectivity index (χ0) is 13.0. The highest BCUT2D eigenvalue weighted by Crippen LogP contribution is 2.27. The highest BCUT2D eigenvalue weighted by Gasteiger charge is 2.06. The van der Waals surface area contributed by atoms with E-state index < -0.39 is 0 Å². The molecule has 0 radical (unpaired) electrons. The smallest absolute Gasteiger partial charge is 0.237 e. The van der Waals surface area contributed by atoms with Crippen molar-refractivity contribution in [1.82, 2.24) is 4.98 Å². The second-order valence-electron chi connectivity index (χ2n) is 3.63. The number of nitrogens with zero attached hydrogens (tertiary/aromatic N) is 1. The number of hydrogen-bond donors (Lipinski definition) is 1. The highest BCUT2D eigenvalue weighted by molar-refractivity contribution is 6.42. The monoisotopic (exact) mass is 282 g/mol. The third kappa shape index (κ3) is 2.86. The Hall–Kier alpha value is -1.45. The van der Waals surface area contributed by atoms with Crippen LogP contribution in [0.2, 0.25) is 10.0 Å². The van der Waals surface area contributed by atoms with Crippen LogP contribution in [-0.4, -0.2) is 12.1 Å². The van der Waals surface area contributed by atoms with Gasteiger partial charge in [0, 0.05) is 12.7 Å². The number of nitrogens with one attached hydrogen (secondary N) is 1. The molecule has 1 aromatic carbocycles. The number of pyridine rings is 1. The molecule has 0 unspecified atom stereocenters. The van der Waals surface area contributed by atoms with Gasteiger partial charge in [-0.15, -0.1) is 0 Å². The second kappa shape index (κ2) is 5.94. The van der Waals surface area contributed by atoms with Gasteiger partial charge in [0.05, 0.1) is 22.8 Å². The predicted octanol–water partition coefficient (Wildman–Crippen LogP) is 4.01. The number of hydrogen-bond acceptors (Lipinski definition) is 3. The van der Waals surface area contributed by atoms with Gasteiger partial charge < -0.3 is 10.1 Å². The lowest BCUT2D eigenvalue weighted by atomic mass is 10.2. The minimum absolute atomic E-state index is 0.550. The molecule has 0 saturated carbocycles. The number of methoxy groups -OCH3 is 1. The van der Waals surface area contributed by atoms with E-state index in [0.29, 0.717) is 22.5 Å². The van der Waals surface area contributed by atoms with E-state index in [9.17, 15) is 0 Å². The molecule has 0 atom stereocenters. The van der Waals surface area contributed by atoms with E-state index in [2.05, 4.69) is 10.3 Å². The van der Waals surface area contributed by atoms with Gasteiger partial charge in [-0.05, 0) is 23.8 Å². The van der Waals surface area contributed by atoms with E-state index in [0.717, 1.165) is 11.3 Å². The largest absolute Gasteiger partial charge is 0.480 e. The molecule has 0 aliphatic carbocycles. The lowest BCUT2D eigenvalue weighted by Crippen LogP contribution is -2.02. The normalized spacial score (nSPS) is 10.2. The number of rotatable bonds is 4. The third-order valence-corrected chi connectivity index (χ3v) is 3.32. The van der Waals surface area contributed by atoms with Crippen LogP contribution in [0, 0.1) is 0 Å². The maximum absolute atomic E-state index is 6.11. The molecule has 0 saturated heterocycles. The first-order valence-corrected chi connectivity index (χ1v) is 6.13. The van der Waals surface area contributed by atoms with E-state index in [1.165, 1.54) is 0 Å². The summed E-state index contributed by atoms with van der Waals surface area (Å²) in [6.45, 7) is 0.557. The van der Waals surface area contributed by atoms with Gasteiger partial charge in [0.15, 0.2) is 0 Å². The topological polar surface area (TPSA) is 34.1 Å². The van der Waals surface area contributed by atoms with Crippen molar-refractivity contribution < 1.29 is 4.74 Å². The Morgan fingerprint density at radius 2 is 2.06 bits per heavy atom. The fraction of sp³-hybridized carbons (Fsp3) is 0.154. The SMILES string of the molecule is COc1ncccc1NCc1cccc(Cl)c1Cl. The van der Waals surface area contributed by atoms with Crippen LogP contribution in [0.4, 0.5) is 5.69 Å². The van der Waals surface area contributed by atoms with Gasteiger partial charge >= 0.3 is 0 Å². The molecule has 0 aliphatic rings. The van der Waals surface area contributed by atoms with Crippen molar-refractivity contribution in [2.45, 2.75) is 6.54 Å². The summed E-state index contributed by atoms with van der Waals surface area (Å²) in [6.07, 6.45) is 1.68. The summed E-state index contributed by atoms with van der Waals surface area (Å²) in [6, 6.07) is 9.28. The Kier molecular flexibility index (Phi) is 4.28.